The molecule has 2 aromatic rings. The van der Waals surface area contributed by atoms with Crippen LogP contribution in [0.15, 0.2) is 54.6 Å². The van der Waals surface area contributed by atoms with E-state index in [0.29, 0.717) is 6.61 Å². The minimum Gasteiger partial charge on any atom is -0.491 e. The molecule has 0 saturated carbocycles. The van der Waals surface area contributed by atoms with Crippen LogP contribution in [0.3, 0.4) is 0 Å². The smallest absolute Gasteiger partial charge is 0.119 e. The van der Waals surface area contributed by atoms with E-state index < -0.39 is 0 Å². The van der Waals surface area contributed by atoms with Crippen LogP contribution in [0.4, 0.5) is 5.69 Å². The van der Waals surface area contributed by atoms with Gasteiger partial charge in [0, 0.05) is 12.3 Å². The number of para-hydroxylation sites is 1. The maximum absolute atomic E-state index is 5.85. The molecule has 3 rings (SSSR count). The minimum atomic E-state index is 0.0860. The van der Waals surface area contributed by atoms with E-state index in [1.54, 1.807) is 0 Å². The van der Waals surface area contributed by atoms with Crippen LogP contribution in [0, 0.1) is 0 Å². The summed E-state index contributed by atoms with van der Waals surface area (Å²) in [4.78, 5) is 0. The number of ether oxygens (including phenoxy) is 3. The topological polar surface area (TPSA) is 39.7 Å². The van der Waals surface area contributed by atoms with Crippen molar-refractivity contribution in [2.75, 3.05) is 25.1 Å². The number of rotatable bonds is 8. The summed E-state index contributed by atoms with van der Waals surface area (Å²) in [5, 5.41) is 3.38. The Morgan fingerprint density at radius 3 is 2.58 bits per heavy atom. The van der Waals surface area contributed by atoms with Crippen molar-refractivity contribution in [3.05, 3.63) is 54.6 Å². The molecule has 2 aromatic carbocycles. The van der Waals surface area contributed by atoms with Crippen molar-refractivity contribution in [3.63, 3.8) is 0 Å². The van der Waals surface area contributed by atoms with E-state index in [1.165, 1.54) is 0 Å². The molecule has 1 fully saturated rings. The summed E-state index contributed by atoms with van der Waals surface area (Å²) in [6, 6.07) is 17.9. The van der Waals surface area contributed by atoms with E-state index >= 15 is 0 Å². The van der Waals surface area contributed by atoms with Gasteiger partial charge in [0.2, 0.25) is 0 Å². The van der Waals surface area contributed by atoms with Gasteiger partial charge in [-0.05, 0) is 56.2 Å². The van der Waals surface area contributed by atoms with Crippen LogP contribution in [0.2, 0.25) is 0 Å². The molecule has 0 spiro atoms. The number of hydrogen-bond acceptors (Lipinski definition) is 4. The van der Waals surface area contributed by atoms with Crippen molar-refractivity contribution >= 4 is 5.69 Å². The zero-order valence-electron chi connectivity index (χ0n) is 14.1. The van der Waals surface area contributed by atoms with Gasteiger partial charge in [-0.2, -0.15) is 0 Å². The van der Waals surface area contributed by atoms with Crippen LogP contribution < -0.4 is 14.8 Å². The second kappa shape index (κ2) is 8.60. The molecule has 0 aliphatic carbocycles. The van der Waals surface area contributed by atoms with Gasteiger partial charge in [-0.3, -0.25) is 0 Å². The van der Waals surface area contributed by atoms with Gasteiger partial charge in [-0.1, -0.05) is 18.2 Å². The Balaban J connectivity index is 1.40. The van der Waals surface area contributed by atoms with Crippen molar-refractivity contribution < 1.29 is 14.2 Å². The molecule has 1 saturated heterocycles. The maximum atomic E-state index is 5.85. The van der Waals surface area contributed by atoms with E-state index in [1.807, 2.05) is 54.6 Å². The summed E-state index contributed by atoms with van der Waals surface area (Å²) in [7, 11) is 0. The van der Waals surface area contributed by atoms with E-state index in [-0.39, 0.29) is 12.2 Å². The van der Waals surface area contributed by atoms with Crippen LogP contribution in [0.1, 0.15) is 19.8 Å². The molecule has 1 heterocycles. The third-order valence-corrected chi connectivity index (χ3v) is 3.99. The lowest BCUT2D eigenvalue weighted by molar-refractivity contribution is 0.0679. The molecule has 24 heavy (non-hydrogen) atoms. The Kier molecular flexibility index (Phi) is 5.96. The fourth-order valence-corrected chi connectivity index (χ4v) is 2.67. The average molecular weight is 327 g/mol. The Hall–Kier alpha value is -2.20. The molecule has 0 aromatic heterocycles. The van der Waals surface area contributed by atoms with E-state index in [9.17, 15) is 0 Å². The lowest BCUT2D eigenvalue weighted by Crippen LogP contribution is -2.22. The highest BCUT2D eigenvalue weighted by atomic mass is 16.5. The van der Waals surface area contributed by atoms with Crippen molar-refractivity contribution in [1.82, 2.24) is 0 Å². The Bertz CT molecular complexity index is 594. The number of hydrogen-bond donors (Lipinski definition) is 1. The molecule has 2 atom stereocenters. The van der Waals surface area contributed by atoms with E-state index in [2.05, 4.69) is 12.2 Å². The Labute approximate surface area is 143 Å². The number of anilines is 1. The molecule has 4 heteroatoms. The predicted molar refractivity (Wildman–Crippen MR) is 95.9 cm³/mol. The summed E-state index contributed by atoms with van der Waals surface area (Å²) in [6.07, 6.45) is 2.57. The van der Waals surface area contributed by atoms with Crippen LogP contribution in [0.5, 0.6) is 11.5 Å². The van der Waals surface area contributed by atoms with E-state index in [0.717, 1.165) is 43.2 Å². The van der Waals surface area contributed by atoms with Gasteiger partial charge in [0.15, 0.2) is 0 Å². The second-order valence-electron chi connectivity index (χ2n) is 6.09. The van der Waals surface area contributed by atoms with Gasteiger partial charge in [0.25, 0.3) is 0 Å². The molecule has 1 N–H and O–H groups in total. The second-order valence-corrected chi connectivity index (χ2v) is 6.09. The normalized spacial score (nSPS) is 18.1. The summed E-state index contributed by atoms with van der Waals surface area (Å²) in [5.74, 6) is 1.77. The SMILES string of the molecule is CC(CNc1ccc(OCC2CCCO2)cc1)Oc1ccccc1. The maximum Gasteiger partial charge on any atom is 0.119 e. The molecule has 1 aliphatic heterocycles. The first-order valence-electron chi connectivity index (χ1n) is 8.59. The molecule has 2 unspecified atom stereocenters. The largest absolute Gasteiger partial charge is 0.491 e. The number of nitrogens with one attached hydrogen (secondary N) is 1. The van der Waals surface area contributed by atoms with Gasteiger partial charge in [-0.15, -0.1) is 0 Å². The lowest BCUT2D eigenvalue weighted by Gasteiger charge is -2.16. The van der Waals surface area contributed by atoms with Crippen molar-refractivity contribution in [3.8, 4) is 11.5 Å². The lowest BCUT2D eigenvalue weighted by atomic mass is 10.2. The molecule has 0 radical (unpaired) electrons. The van der Waals surface area contributed by atoms with Gasteiger partial charge in [-0.25, -0.2) is 0 Å². The number of benzene rings is 2. The fraction of sp³-hybridized carbons (Fsp3) is 0.400. The van der Waals surface area contributed by atoms with Gasteiger partial charge >= 0.3 is 0 Å². The fourth-order valence-electron chi connectivity index (χ4n) is 2.67. The summed E-state index contributed by atoms with van der Waals surface area (Å²) >= 11 is 0. The highest BCUT2D eigenvalue weighted by Crippen LogP contribution is 2.19. The molecule has 4 nitrogen and oxygen atoms in total. The predicted octanol–water partition coefficient (Wildman–Crippen LogP) is 4.12. The van der Waals surface area contributed by atoms with Crippen molar-refractivity contribution in [1.29, 1.82) is 0 Å². The monoisotopic (exact) mass is 327 g/mol. The summed E-state index contributed by atoms with van der Waals surface area (Å²) in [5.41, 5.74) is 1.06. The average Bonchev–Trinajstić information content (AvgIpc) is 3.13. The van der Waals surface area contributed by atoms with Gasteiger partial charge in [0.05, 0.1) is 12.6 Å². The molecular formula is C20H25NO3. The highest BCUT2D eigenvalue weighted by Gasteiger charge is 2.15. The third-order valence-electron chi connectivity index (χ3n) is 3.99. The van der Waals surface area contributed by atoms with Crippen LogP contribution >= 0.6 is 0 Å². The van der Waals surface area contributed by atoms with Gasteiger partial charge in [0.1, 0.15) is 24.2 Å². The summed E-state index contributed by atoms with van der Waals surface area (Å²) in [6.45, 7) is 4.29. The highest BCUT2D eigenvalue weighted by molar-refractivity contribution is 5.46. The quantitative estimate of drug-likeness (QED) is 0.791. The zero-order chi connectivity index (χ0) is 16.6. The van der Waals surface area contributed by atoms with Crippen LogP contribution in [0.25, 0.3) is 0 Å². The van der Waals surface area contributed by atoms with E-state index in [4.69, 9.17) is 14.2 Å². The van der Waals surface area contributed by atoms with Crippen molar-refractivity contribution in [2.24, 2.45) is 0 Å². The first kappa shape index (κ1) is 16.7. The zero-order valence-corrected chi connectivity index (χ0v) is 14.1. The summed E-state index contributed by atoms with van der Waals surface area (Å²) < 4.78 is 17.2. The van der Waals surface area contributed by atoms with Crippen LogP contribution in [-0.2, 0) is 4.74 Å². The Morgan fingerprint density at radius 1 is 1.08 bits per heavy atom. The molecule has 128 valence electrons. The molecule has 1 aliphatic rings. The Morgan fingerprint density at radius 2 is 1.88 bits per heavy atom. The molecular weight excluding hydrogens is 302 g/mol. The third kappa shape index (κ3) is 5.17. The molecule has 0 bridgehead atoms. The van der Waals surface area contributed by atoms with Crippen molar-refractivity contribution in [2.45, 2.75) is 32.0 Å². The van der Waals surface area contributed by atoms with Gasteiger partial charge < -0.3 is 19.5 Å². The van der Waals surface area contributed by atoms with Crippen LogP contribution in [-0.4, -0.2) is 32.0 Å². The first-order valence-corrected chi connectivity index (χ1v) is 8.59. The standard InChI is InChI=1S/C20H25NO3/c1-16(24-19-6-3-2-4-7-19)14-21-17-9-11-18(12-10-17)23-15-20-8-5-13-22-20/h2-4,6-7,9-12,16,20-21H,5,8,13-15H2,1H3. The molecule has 0 amide bonds. The first-order chi connectivity index (χ1) is 11.8. The minimum absolute atomic E-state index is 0.0860.